The van der Waals surface area contributed by atoms with Crippen LogP contribution in [0.3, 0.4) is 0 Å². The second-order valence-corrected chi connectivity index (χ2v) is 5.16. The summed E-state index contributed by atoms with van der Waals surface area (Å²) in [6.07, 6.45) is 0. The maximum atomic E-state index is 12.1. The highest BCUT2D eigenvalue weighted by Gasteiger charge is 2.11. The van der Waals surface area contributed by atoms with Gasteiger partial charge in [-0.25, -0.2) is 0 Å². The third-order valence-electron chi connectivity index (χ3n) is 3.08. The van der Waals surface area contributed by atoms with E-state index >= 15 is 0 Å². The minimum absolute atomic E-state index is 0.162. The Morgan fingerprint density at radius 3 is 2.67 bits per heavy atom. The predicted octanol–water partition coefficient (Wildman–Crippen LogP) is 3.72. The minimum atomic E-state index is -0.162. The zero-order chi connectivity index (χ0) is 15.4. The average molecular weight is 304 g/mol. The van der Waals surface area contributed by atoms with Gasteiger partial charge in [-0.15, -0.1) is 0 Å². The number of carbonyl (C=O) groups excluding carboxylic acids is 1. The number of rotatable bonds is 4. The summed E-state index contributed by atoms with van der Waals surface area (Å²) in [5.41, 5.74) is 9.34. The van der Waals surface area contributed by atoms with Crippen LogP contribution in [0.2, 0.25) is 5.02 Å². The van der Waals surface area contributed by atoms with E-state index in [4.69, 9.17) is 17.3 Å². The molecule has 1 amide bonds. The van der Waals surface area contributed by atoms with Crippen LogP contribution in [0.4, 0.5) is 17.1 Å². The molecule has 0 saturated heterocycles. The first-order valence-electron chi connectivity index (χ1n) is 6.72. The normalized spacial score (nSPS) is 10.2. The largest absolute Gasteiger partial charge is 0.399 e. The molecule has 0 aliphatic carbocycles. The smallest absolute Gasteiger partial charge is 0.253 e. The van der Waals surface area contributed by atoms with Gasteiger partial charge in [-0.3, -0.25) is 4.79 Å². The zero-order valence-electron chi connectivity index (χ0n) is 12.0. The van der Waals surface area contributed by atoms with Gasteiger partial charge in [0.15, 0.2) is 0 Å². The van der Waals surface area contributed by atoms with Gasteiger partial charge in [-0.05, 0) is 49.7 Å². The van der Waals surface area contributed by atoms with E-state index in [-0.39, 0.29) is 5.91 Å². The van der Waals surface area contributed by atoms with Crippen molar-refractivity contribution < 1.29 is 4.79 Å². The molecular formula is C16H18ClN3O. The van der Waals surface area contributed by atoms with Crippen LogP contribution in [0.15, 0.2) is 36.4 Å². The fourth-order valence-corrected chi connectivity index (χ4v) is 2.12. The van der Waals surface area contributed by atoms with E-state index in [0.29, 0.717) is 28.5 Å². The van der Waals surface area contributed by atoms with E-state index in [9.17, 15) is 4.79 Å². The lowest BCUT2D eigenvalue weighted by Crippen LogP contribution is -2.23. The number of anilines is 3. The van der Waals surface area contributed by atoms with Gasteiger partial charge in [-0.1, -0.05) is 17.7 Å². The number of benzene rings is 2. The number of amides is 1. The van der Waals surface area contributed by atoms with Crippen molar-refractivity contribution in [2.24, 2.45) is 0 Å². The molecule has 110 valence electrons. The first kappa shape index (κ1) is 15.2. The Bertz CT molecular complexity index is 671. The lowest BCUT2D eigenvalue weighted by molar-refractivity contribution is 0.0956. The molecule has 0 heterocycles. The highest BCUT2D eigenvalue weighted by molar-refractivity contribution is 6.31. The summed E-state index contributed by atoms with van der Waals surface area (Å²) < 4.78 is 0. The van der Waals surface area contributed by atoms with E-state index in [1.54, 1.807) is 18.2 Å². The third-order valence-corrected chi connectivity index (χ3v) is 3.48. The Hall–Kier alpha value is -2.20. The van der Waals surface area contributed by atoms with Crippen molar-refractivity contribution >= 4 is 34.6 Å². The second-order valence-electron chi connectivity index (χ2n) is 4.75. The molecule has 2 rings (SSSR count). The fraction of sp³-hybridized carbons (Fsp3) is 0.188. The van der Waals surface area contributed by atoms with Crippen LogP contribution in [0.25, 0.3) is 0 Å². The number of aryl methyl sites for hydroxylation is 1. The van der Waals surface area contributed by atoms with Crippen molar-refractivity contribution in [2.45, 2.75) is 13.8 Å². The van der Waals surface area contributed by atoms with Crippen LogP contribution in [0, 0.1) is 6.92 Å². The van der Waals surface area contributed by atoms with Gasteiger partial charge in [0.2, 0.25) is 0 Å². The molecule has 0 spiro atoms. The molecule has 0 aliphatic heterocycles. The first-order valence-corrected chi connectivity index (χ1v) is 7.10. The van der Waals surface area contributed by atoms with Gasteiger partial charge in [-0.2, -0.15) is 0 Å². The number of carbonyl (C=O) groups is 1. The number of hydrogen-bond donors (Lipinski definition) is 3. The molecule has 0 fully saturated rings. The Kier molecular flexibility index (Phi) is 4.70. The molecule has 0 saturated carbocycles. The Labute approximate surface area is 129 Å². The lowest BCUT2D eigenvalue weighted by Gasteiger charge is -2.13. The second kappa shape index (κ2) is 6.50. The van der Waals surface area contributed by atoms with Gasteiger partial charge >= 0.3 is 0 Å². The van der Waals surface area contributed by atoms with Crippen LogP contribution >= 0.6 is 11.6 Å². The van der Waals surface area contributed by atoms with Gasteiger partial charge in [0, 0.05) is 22.9 Å². The summed E-state index contributed by atoms with van der Waals surface area (Å²) >= 11 is 6.12. The van der Waals surface area contributed by atoms with Crippen LogP contribution in [0.5, 0.6) is 0 Å². The highest BCUT2D eigenvalue weighted by atomic mass is 35.5. The van der Waals surface area contributed by atoms with Gasteiger partial charge < -0.3 is 16.4 Å². The molecule has 0 aromatic heterocycles. The summed E-state index contributed by atoms with van der Waals surface area (Å²) in [4.78, 5) is 12.1. The van der Waals surface area contributed by atoms with Crippen molar-refractivity contribution in [3.63, 3.8) is 0 Å². The third kappa shape index (κ3) is 3.67. The zero-order valence-corrected chi connectivity index (χ0v) is 12.8. The number of hydrogen-bond acceptors (Lipinski definition) is 3. The minimum Gasteiger partial charge on any atom is -0.399 e. The molecule has 0 aliphatic rings. The molecule has 21 heavy (non-hydrogen) atoms. The van der Waals surface area contributed by atoms with Crippen molar-refractivity contribution in [3.8, 4) is 0 Å². The van der Waals surface area contributed by atoms with Crippen LogP contribution in [-0.4, -0.2) is 12.5 Å². The first-order chi connectivity index (χ1) is 10.0. The number of nitrogen functional groups attached to an aromatic ring is 1. The Morgan fingerprint density at radius 1 is 1.24 bits per heavy atom. The monoisotopic (exact) mass is 303 g/mol. The summed E-state index contributed by atoms with van der Waals surface area (Å²) in [6, 6.07) is 10.9. The van der Waals surface area contributed by atoms with Gasteiger partial charge in [0.1, 0.15) is 0 Å². The van der Waals surface area contributed by atoms with Crippen molar-refractivity contribution in [1.82, 2.24) is 5.32 Å². The molecule has 0 unspecified atom stereocenters. The Balaban J connectivity index is 2.34. The van der Waals surface area contributed by atoms with E-state index in [2.05, 4.69) is 10.6 Å². The molecule has 5 heteroatoms. The van der Waals surface area contributed by atoms with E-state index < -0.39 is 0 Å². The standard InChI is InChI=1S/C16H18ClN3O/c1-3-19-16(21)13-8-11(18)5-7-15(13)20-12-6-4-10(2)14(17)9-12/h4-9,20H,3,18H2,1-2H3,(H,19,21). The fourth-order valence-electron chi connectivity index (χ4n) is 1.94. The van der Waals surface area contributed by atoms with Crippen LogP contribution in [-0.2, 0) is 0 Å². The molecule has 2 aromatic carbocycles. The van der Waals surface area contributed by atoms with E-state index in [1.165, 1.54) is 0 Å². The maximum Gasteiger partial charge on any atom is 0.253 e. The predicted molar refractivity (Wildman–Crippen MR) is 88.3 cm³/mol. The van der Waals surface area contributed by atoms with E-state index in [1.807, 2.05) is 32.0 Å². The maximum absolute atomic E-state index is 12.1. The van der Waals surface area contributed by atoms with E-state index in [0.717, 1.165) is 11.3 Å². The molecular weight excluding hydrogens is 286 g/mol. The number of halogens is 1. The van der Waals surface area contributed by atoms with Gasteiger partial charge in [0.25, 0.3) is 5.91 Å². The summed E-state index contributed by atoms with van der Waals surface area (Å²) in [5, 5.41) is 6.66. The quantitative estimate of drug-likeness (QED) is 0.754. The Morgan fingerprint density at radius 2 is 2.00 bits per heavy atom. The van der Waals surface area contributed by atoms with Crippen LogP contribution in [0.1, 0.15) is 22.8 Å². The SMILES string of the molecule is CCNC(=O)c1cc(N)ccc1Nc1ccc(C)c(Cl)c1. The lowest BCUT2D eigenvalue weighted by atomic mass is 10.1. The average Bonchev–Trinajstić information content (AvgIpc) is 2.45. The summed E-state index contributed by atoms with van der Waals surface area (Å²) in [6.45, 7) is 4.37. The topological polar surface area (TPSA) is 67.2 Å². The molecule has 0 bridgehead atoms. The summed E-state index contributed by atoms with van der Waals surface area (Å²) in [7, 11) is 0. The number of nitrogens with one attached hydrogen (secondary N) is 2. The summed E-state index contributed by atoms with van der Waals surface area (Å²) in [5.74, 6) is -0.162. The highest BCUT2D eigenvalue weighted by Crippen LogP contribution is 2.26. The molecule has 2 aromatic rings. The molecule has 4 nitrogen and oxygen atoms in total. The van der Waals surface area contributed by atoms with Gasteiger partial charge in [0.05, 0.1) is 11.3 Å². The van der Waals surface area contributed by atoms with Crippen molar-refractivity contribution in [3.05, 3.63) is 52.5 Å². The van der Waals surface area contributed by atoms with Crippen LogP contribution < -0.4 is 16.4 Å². The number of nitrogens with two attached hydrogens (primary N) is 1. The molecule has 0 atom stereocenters. The van der Waals surface area contributed by atoms with Crippen molar-refractivity contribution in [2.75, 3.05) is 17.6 Å². The van der Waals surface area contributed by atoms with Crippen molar-refractivity contribution in [1.29, 1.82) is 0 Å². The molecule has 0 radical (unpaired) electrons. The molecule has 4 N–H and O–H groups in total.